The van der Waals surface area contributed by atoms with Crippen molar-refractivity contribution < 1.29 is 0 Å². The number of nitrogens with zero attached hydrogens (tertiary/aromatic N) is 6. The number of rotatable bonds is 5. The van der Waals surface area contributed by atoms with Crippen LogP contribution in [-0.2, 0) is 5.75 Å². The second-order valence-corrected chi connectivity index (χ2v) is 8.61. The van der Waals surface area contributed by atoms with Gasteiger partial charge in [0.05, 0.1) is 11.4 Å². The molecule has 0 bridgehead atoms. The molecule has 0 fully saturated rings. The molecule has 152 valence electrons. The summed E-state index contributed by atoms with van der Waals surface area (Å²) in [6.07, 6.45) is 0. The Hall–Kier alpha value is -2.98. The normalized spacial score (nSPS) is 11.0. The van der Waals surface area contributed by atoms with Gasteiger partial charge in [-0.25, -0.2) is 0 Å². The molecular formula is C20H19BrN8S. The molecule has 0 spiro atoms. The van der Waals surface area contributed by atoms with Gasteiger partial charge in [0, 0.05) is 10.0 Å². The molecule has 4 N–H and O–H groups in total. The molecule has 0 aliphatic carbocycles. The van der Waals surface area contributed by atoms with Crippen molar-refractivity contribution in [1.82, 2.24) is 29.7 Å². The minimum Gasteiger partial charge on any atom is -0.368 e. The second-order valence-electron chi connectivity index (χ2n) is 6.75. The van der Waals surface area contributed by atoms with Crippen molar-refractivity contribution in [2.75, 3.05) is 11.5 Å². The quantitative estimate of drug-likeness (QED) is 0.409. The lowest BCUT2D eigenvalue weighted by Crippen LogP contribution is -2.06. The third-order valence-electron chi connectivity index (χ3n) is 4.25. The van der Waals surface area contributed by atoms with Gasteiger partial charge in [-0.1, -0.05) is 45.9 Å². The third-order valence-corrected chi connectivity index (χ3v) is 5.70. The lowest BCUT2D eigenvalue weighted by Gasteiger charge is -2.12. The molecule has 4 aromatic rings. The summed E-state index contributed by atoms with van der Waals surface area (Å²) in [6.45, 7) is 4.15. The number of nitrogen functional groups attached to an aromatic ring is 2. The van der Waals surface area contributed by atoms with Crippen LogP contribution in [0.2, 0.25) is 0 Å². The first-order chi connectivity index (χ1) is 14.4. The Balaban J connectivity index is 1.77. The number of nitrogens with two attached hydrogens (primary N) is 2. The number of halogens is 1. The molecule has 0 aliphatic heterocycles. The highest BCUT2D eigenvalue weighted by atomic mass is 79.9. The molecule has 4 rings (SSSR count). The van der Waals surface area contributed by atoms with Crippen molar-refractivity contribution >= 4 is 39.6 Å². The maximum absolute atomic E-state index is 5.69. The van der Waals surface area contributed by atoms with Crippen molar-refractivity contribution in [2.45, 2.75) is 24.8 Å². The first-order valence-corrected chi connectivity index (χ1v) is 10.9. The SMILES string of the molecule is Cc1cc(C)cc(-n2c(SCc3nc(N)nc(N)n3)nnc2-c2ccc(Br)cc2)c1. The molecule has 0 radical (unpaired) electrons. The van der Waals surface area contributed by atoms with Gasteiger partial charge in [-0.15, -0.1) is 10.2 Å². The zero-order chi connectivity index (χ0) is 21.3. The zero-order valence-electron chi connectivity index (χ0n) is 16.4. The predicted molar refractivity (Wildman–Crippen MR) is 122 cm³/mol. The number of aromatic nitrogens is 6. The van der Waals surface area contributed by atoms with E-state index in [2.05, 4.69) is 73.1 Å². The van der Waals surface area contributed by atoms with Crippen molar-refractivity contribution in [3.8, 4) is 17.1 Å². The molecule has 0 unspecified atom stereocenters. The molecule has 2 aromatic carbocycles. The van der Waals surface area contributed by atoms with Crippen LogP contribution in [0.3, 0.4) is 0 Å². The number of aryl methyl sites for hydroxylation is 2. The Morgan fingerprint density at radius 1 is 0.900 bits per heavy atom. The number of thioether (sulfide) groups is 1. The monoisotopic (exact) mass is 482 g/mol. The van der Waals surface area contributed by atoms with Gasteiger partial charge in [0.1, 0.15) is 5.82 Å². The van der Waals surface area contributed by atoms with E-state index in [1.807, 2.05) is 28.8 Å². The Morgan fingerprint density at radius 3 is 2.17 bits per heavy atom. The fraction of sp³-hybridized carbons (Fsp3) is 0.150. The van der Waals surface area contributed by atoms with Crippen molar-refractivity contribution in [1.29, 1.82) is 0 Å². The van der Waals surface area contributed by atoms with Gasteiger partial charge in [0.25, 0.3) is 0 Å². The summed E-state index contributed by atoms with van der Waals surface area (Å²) in [4.78, 5) is 12.1. The summed E-state index contributed by atoms with van der Waals surface area (Å²) in [6, 6.07) is 14.3. The average molecular weight is 483 g/mol. The van der Waals surface area contributed by atoms with E-state index < -0.39 is 0 Å². The Morgan fingerprint density at radius 2 is 1.53 bits per heavy atom. The molecule has 0 amide bonds. The van der Waals surface area contributed by atoms with E-state index in [0.717, 1.165) is 37.8 Å². The van der Waals surface area contributed by atoms with Crippen LogP contribution in [0.15, 0.2) is 52.1 Å². The van der Waals surface area contributed by atoms with E-state index in [-0.39, 0.29) is 11.9 Å². The molecule has 0 saturated heterocycles. The van der Waals surface area contributed by atoms with Crippen LogP contribution in [0.25, 0.3) is 17.1 Å². The molecule has 0 aliphatic rings. The van der Waals surface area contributed by atoms with Gasteiger partial charge in [0.15, 0.2) is 11.0 Å². The summed E-state index contributed by atoms with van der Waals surface area (Å²) in [5.74, 6) is 1.88. The van der Waals surface area contributed by atoms with E-state index in [4.69, 9.17) is 11.5 Å². The molecule has 8 nitrogen and oxygen atoms in total. The average Bonchev–Trinajstić information content (AvgIpc) is 3.09. The molecule has 2 heterocycles. The summed E-state index contributed by atoms with van der Waals surface area (Å²) in [7, 11) is 0. The van der Waals surface area contributed by atoms with E-state index in [1.165, 1.54) is 11.8 Å². The highest BCUT2D eigenvalue weighted by Crippen LogP contribution is 2.30. The van der Waals surface area contributed by atoms with Crippen molar-refractivity contribution in [3.05, 3.63) is 63.9 Å². The lowest BCUT2D eigenvalue weighted by atomic mass is 10.1. The topological polar surface area (TPSA) is 121 Å². The largest absolute Gasteiger partial charge is 0.368 e. The molecule has 2 aromatic heterocycles. The van der Waals surface area contributed by atoms with Gasteiger partial charge in [-0.05, 0) is 49.2 Å². The first kappa shape index (κ1) is 20.3. The smallest absolute Gasteiger partial charge is 0.225 e. The minimum absolute atomic E-state index is 0.101. The van der Waals surface area contributed by atoms with Crippen LogP contribution in [0, 0.1) is 13.8 Å². The van der Waals surface area contributed by atoms with Crippen LogP contribution < -0.4 is 11.5 Å². The molecule has 0 atom stereocenters. The van der Waals surface area contributed by atoms with Crippen LogP contribution in [0.4, 0.5) is 11.9 Å². The van der Waals surface area contributed by atoms with Crippen molar-refractivity contribution in [2.24, 2.45) is 0 Å². The minimum atomic E-state index is 0.101. The predicted octanol–water partition coefficient (Wildman–Crippen LogP) is 3.96. The van der Waals surface area contributed by atoms with Gasteiger partial charge < -0.3 is 11.5 Å². The van der Waals surface area contributed by atoms with Crippen molar-refractivity contribution in [3.63, 3.8) is 0 Å². The second kappa shape index (κ2) is 8.41. The van der Waals surface area contributed by atoms with E-state index >= 15 is 0 Å². The van der Waals surface area contributed by atoms with E-state index in [1.54, 1.807) is 0 Å². The van der Waals surface area contributed by atoms with E-state index in [9.17, 15) is 0 Å². The number of hydrogen-bond acceptors (Lipinski definition) is 8. The van der Waals surface area contributed by atoms with Gasteiger partial charge in [-0.2, -0.15) is 15.0 Å². The maximum atomic E-state index is 5.69. The van der Waals surface area contributed by atoms with Crippen LogP contribution in [-0.4, -0.2) is 29.7 Å². The zero-order valence-corrected chi connectivity index (χ0v) is 18.8. The number of benzene rings is 2. The van der Waals surface area contributed by atoms with Gasteiger partial charge in [-0.3, -0.25) is 4.57 Å². The summed E-state index contributed by atoms with van der Waals surface area (Å²) >= 11 is 4.94. The maximum Gasteiger partial charge on any atom is 0.225 e. The Bertz CT molecular complexity index is 1170. The lowest BCUT2D eigenvalue weighted by molar-refractivity contribution is 0.880. The van der Waals surface area contributed by atoms with Crippen LogP contribution >= 0.6 is 27.7 Å². The number of anilines is 2. The molecule has 30 heavy (non-hydrogen) atoms. The van der Waals surface area contributed by atoms with E-state index in [0.29, 0.717) is 11.6 Å². The standard InChI is InChI=1S/C20H19BrN8S/c1-11-7-12(2)9-15(8-11)29-17(13-3-5-14(21)6-4-13)27-28-20(29)30-10-16-24-18(22)26-19(23)25-16/h3-9H,10H2,1-2H3,(H4,22,23,24,25,26). The highest BCUT2D eigenvalue weighted by molar-refractivity contribution is 9.10. The molecule has 10 heteroatoms. The Kier molecular flexibility index (Phi) is 5.69. The summed E-state index contributed by atoms with van der Waals surface area (Å²) in [5, 5.41) is 9.63. The highest BCUT2D eigenvalue weighted by Gasteiger charge is 2.17. The van der Waals surface area contributed by atoms with Gasteiger partial charge in [0.2, 0.25) is 11.9 Å². The summed E-state index contributed by atoms with van der Waals surface area (Å²) < 4.78 is 3.05. The first-order valence-electron chi connectivity index (χ1n) is 9.08. The fourth-order valence-corrected chi connectivity index (χ4v) is 4.18. The van der Waals surface area contributed by atoms with Crippen LogP contribution in [0.5, 0.6) is 0 Å². The number of hydrogen-bond donors (Lipinski definition) is 2. The fourth-order valence-electron chi connectivity index (χ4n) is 3.11. The van der Waals surface area contributed by atoms with Crippen LogP contribution in [0.1, 0.15) is 17.0 Å². The Labute approximate surface area is 186 Å². The third kappa shape index (κ3) is 4.44. The summed E-state index contributed by atoms with van der Waals surface area (Å²) in [5.41, 5.74) is 15.7. The van der Waals surface area contributed by atoms with Gasteiger partial charge >= 0.3 is 0 Å². The molecule has 0 saturated carbocycles. The molecular weight excluding hydrogens is 464 g/mol.